The van der Waals surface area contributed by atoms with E-state index in [2.05, 4.69) is 57.0 Å². The van der Waals surface area contributed by atoms with Crippen LogP contribution in [0.1, 0.15) is 41.4 Å². The highest BCUT2D eigenvalue weighted by atomic mass is 16.5. The van der Waals surface area contributed by atoms with Crippen LogP contribution in [0.4, 0.5) is 5.95 Å². The highest BCUT2D eigenvalue weighted by molar-refractivity contribution is 6.04. The molecule has 1 fully saturated rings. The van der Waals surface area contributed by atoms with Crippen LogP contribution in [-0.4, -0.2) is 79.9 Å². The SMILES string of the molecule is Cc1cc2cc(n1)-c1cnn(C)c1OCCCC(C)Cn1c(nc3ccc(CN4CCN(C)CC4)cc31)NC2=O. The Hall–Kier alpha value is -3.76. The third-order valence-electron chi connectivity index (χ3n) is 7.99. The standard InChI is InChI=1S/C30H38N8O2/c1-20-6-5-13-40-29-24(17-31-36(29)4)26-16-23(14-21(2)32-26)28(39)34-30-33-25-8-7-22(15-27(25)38(30)18-20)19-37-11-9-35(3)10-12-37/h7-8,14-17,20H,5-6,9-13,18-19H2,1-4H3,(H,33,34,39). The number of carbonyl (C=O) groups is 1. The van der Waals surface area contributed by atoms with Crippen LogP contribution in [0.15, 0.2) is 36.5 Å². The van der Waals surface area contributed by atoms with Gasteiger partial charge in [-0.3, -0.25) is 20.0 Å². The molecule has 2 aliphatic heterocycles. The minimum atomic E-state index is -0.213. The lowest BCUT2D eigenvalue weighted by Crippen LogP contribution is -2.43. The number of benzene rings is 1. The monoisotopic (exact) mass is 542 g/mol. The first kappa shape index (κ1) is 26.5. The molecule has 0 saturated carbocycles. The first-order valence-electron chi connectivity index (χ1n) is 14.2. The van der Waals surface area contributed by atoms with Crippen molar-refractivity contribution in [3.63, 3.8) is 0 Å². The van der Waals surface area contributed by atoms with E-state index in [1.165, 1.54) is 5.56 Å². The number of imidazole rings is 1. The lowest BCUT2D eigenvalue weighted by Gasteiger charge is -2.32. The molecule has 5 heterocycles. The Labute approximate surface area is 234 Å². The molecule has 2 bridgehead atoms. The Bertz CT molecular complexity index is 1530. The van der Waals surface area contributed by atoms with Crippen LogP contribution >= 0.6 is 0 Å². The predicted molar refractivity (Wildman–Crippen MR) is 156 cm³/mol. The normalized spacial score (nSPS) is 19.3. The van der Waals surface area contributed by atoms with Gasteiger partial charge in [0.05, 0.1) is 35.1 Å². The highest BCUT2D eigenvalue weighted by Gasteiger charge is 2.21. The molecule has 210 valence electrons. The Kier molecular flexibility index (Phi) is 7.29. The van der Waals surface area contributed by atoms with Gasteiger partial charge in [-0.1, -0.05) is 13.0 Å². The number of carbonyl (C=O) groups excluding carboxylic acids is 1. The number of nitrogens with zero attached hydrogens (tertiary/aromatic N) is 7. The molecule has 3 aromatic heterocycles. The zero-order valence-electron chi connectivity index (χ0n) is 23.9. The van der Waals surface area contributed by atoms with Gasteiger partial charge in [0.15, 0.2) is 0 Å². The minimum Gasteiger partial charge on any atom is -0.477 e. The number of anilines is 1. The van der Waals surface area contributed by atoms with E-state index in [4.69, 9.17) is 14.7 Å². The molecule has 1 atom stereocenters. The zero-order chi connectivity index (χ0) is 27.8. The number of aromatic nitrogens is 5. The smallest absolute Gasteiger partial charge is 0.258 e. The van der Waals surface area contributed by atoms with E-state index in [0.29, 0.717) is 35.6 Å². The van der Waals surface area contributed by atoms with E-state index in [1.807, 2.05) is 14.0 Å². The molecule has 0 radical (unpaired) electrons. The summed E-state index contributed by atoms with van der Waals surface area (Å²) in [7, 11) is 4.04. The molecule has 1 N–H and O–H groups in total. The molecule has 0 spiro atoms. The Balaban J connectivity index is 1.36. The number of hydrogen-bond acceptors (Lipinski definition) is 7. The molecule has 0 aliphatic carbocycles. The maximum Gasteiger partial charge on any atom is 0.258 e. The van der Waals surface area contributed by atoms with Gasteiger partial charge in [-0.2, -0.15) is 5.10 Å². The maximum atomic E-state index is 13.6. The quantitative estimate of drug-likeness (QED) is 0.410. The molecule has 1 unspecified atom stereocenters. The van der Waals surface area contributed by atoms with Crippen molar-refractivity contribution >= 4 is 22.9 Å². The van der Waals surface area contributed by atoms with Gasteiger partial charge in [0.1, 0.15) is 0 Å². The number of pyridine rings is 1. The summed E-state index contributed by atoms with van der Waals surface area (Å²) in [5.41, 5.74) is 5.93. The molecule has 1 amide bonds. The van der Waals surface area contributed by atoms with Crippen LogP contribution in [0.5, 0.6) is 5.88 Å². The molecule has 40 heavy (non-hydrogen) atoms. The number of likely N-dealkylation sites (N-methyl/N-ethyl adjacent to an activating group) is 1. The number of rotatable bonds is 2. The summed E-state index contributed by atoms with van der Waals surface area (Å²) in [6, 6.07) is 10.1. The van der Waals surface area contributed by atoms with Gasteiger partial charge < -0.3 is 14.2 Å². The molecule has 1 aromatic carbocycles. The van der Waals surface area contributed by atoms with Gasteiger partial charge in [0.2, 0.25) is 11.8 Å². The average molecular weight is 543 g/mol. The summed E-state index contributed by atoms with van der Waals surface area (Å²) in [6.07, 6.45) is 3.63. The Morgan fingerprint density at radius 1 is 1.07 bits per heavy atom. The van der Waals surface area contributed by atoms with Crippen molar-refractivity contribution in [3.05, 3.63) is 53.3 Å². The third kappa shape index (κ3) is 5.46. The van der Waals surface area contributed by atoms with Gasteiger partial charge in [0.25, 0.3) is 5.91 Å². The van der Waals surface area contributed by atoms with Gasteiger partial charge in [-0.25, -0.2) is 9.67 Å². The van der Waals surface area contributed by atoms with Crippen molar-refractivity contribution < 1.29 is 9.53 Å². The first-order valence-corrected chi connectivity index (χ1v) is 14.2. The maximum absolute atomic E-state index is 13.6. The fourth-order valence-electron chi connectivity index (χ4n) is 5.70. The summed E-state index contributed by atoms with van der Waals surface area (Å²) in [5, 5.41) is 7.52. The van der Waals surface area contributed by atoms with Gasteiger partial charge in [0, 0.05) is 57.6 Å². The molecule has 10 nitrogen and oxygen atoms in total. The van der Waals surface area contributed by atoms with Crippen LogP contribution in [0.3, 0.4) is 0 Å². The molecule has 4 aromatic rings. The number of hydrogen-bond donors (Lipinski definition) is 1. The predicted octanol–water partition coefficient (Wildman–Crippen LogP) is 3.95. The van der Waals surface area contributed by atoms with Crippen molar-refractivity contribution in [2.75, 3.05) is 45.2 Å². The van der Waals surface area contributed by atoms with Crippen molar-refractivity contribution in [2.24, 2.45) is 13.0 Å². The van der Waals surface area contributed by atoms with Gasteiger partial charge >= 0.3 is 0 Å². The number of fused-ring (bicyclic) bond motifs is 7. The first-order chi connectivity index (χ1) is 19.3. The summed E-state index contributed by atoms with van der Waals surface area (Å²) < 4.78 is 10.1. The summed E-state index contributed by atoms with van der Waals surface area (Å²) >= 11 is 0. The number of ether oxygens (including phenoxy) is 1. The minimum absolute atomic E-state index is 0.213. The number of nitrogens with one attached hydrogen (secondary N) is 1. The van der Waals surface area contributed by atoms with Gasteiger partial charge in [-0.05, 0) is 62.6 Å². The summed E-state index contributed by atoms with van der Waals surface area (Å²) in [5.74, 6) is 1.39. The van der Waals surface area contributed by atoms with Crippen molar-refractivity contribution in [1.82, 2.24) is 34.1 Å². The van der Waals surface area contributed by atoms with E-state index < -0.39 is 0 Å². The largest absolute Gasteiger partial charge is 0.477 e. The topological polar surface area (TPSA) is 93.3 Å². The fourth-order valence-corrected chi connectivity index (χ4v) is 5.70. The molecule has 1 saturated heterocycles. The molecule has 10 heteroatoms. The van der Waals surface area contributed by atoms with Crippen molar-refractivity contribution in [2.45, 2.75) is 39.8 Å². The van der Waals surface area contributed by atoms with E-state index in [-0.39, 0.29) is 5.91 Å². The molecule has 6 rings (SSSR count). The number of aryl methyl sites for hydroxylation is 2. The number of piperazine rings is 1. The van der Waals surface area contributed by atoms with Crippen molar-refractivity contribution in [3.8, 4) is 17.1 Å². The van der Waals surface area contributed by atoms with E-state index in [9.17, 15) is 4.79 Å². The zero-order valence-corrected chi connectivity index (χ0v) is 23.9. The Morgan fingerprint density at radius 2 is 1.90 bits per heavy atom. The molecule has 2 aliphatic rings. The summed E-state index contributed by atoms with van der Waals surface area (Å²) in [4.78, 5) is 28.1. The molecular weight excluding hydrogens is 504 g/mol. The van der Waals surface area contributed by atoms with Gasteiger partial charge in [-0.15, -0.1) is 0 Å². The summed E-state index contributed by atoms with van der Waals surface area (Å²) in [6.45, 7) is 10.7. The lowest BCUT2D eigenvalue weighted by atomic mass is 10.1. The second kappa shape index (κ2) is 11.0. The second-order valence-electron chi connectivity index (χ2n) is 11.4. The second-order valence-corrected chi connectivity index (χ2v) is 11.4. The lowest BCUT2D eigenvalue weighted by molar-refractivity contribution is 0.102. The molecular formula is C30H38N8O2. The van der Waals surface area contributed by atoms with E-state index in [1.54, 1.807) is 23.0 Å². The Morgan fingerprint density at radius 3 is 2.73 bits per heavy atom. The van der Waals surface area contributed by atoms with Crippen LogP contribution in [0.25, 0.3) is 22.3 Å². The van der Waals surface area contributed by atoms with Crippen molar-refractivity contribution in [1.29, 1.82) is 0 Å². The average Bonchev–Trinajstić information content (AvgIpc) is 3.46. The van der Waals surface area contributed by atoms with Crippen LogP contribution < -0.4 is 10.1 Å². The highest BCUT2D eigenvalue weighted by Crippen LogP contribution is 2.31. The third-order valence-corrected chi connectivity index (χ3v) is 7.99. The van der Waals surface area contributed by atoms with E-state index >= 15 is 0 Å². The van der Waals surface area contributed by atoms with E-state index in [0.717, 1.165) is 74.4 Å². The van der Waals surface area contributed by atoms with Crippen LogP contribution in [0, 0.1) is 12.8 Å². The van der Waals surface area contributed by atoms with Crippen LogP contribution in [0.2, 0.25) is 0 Å². The van der Waals surface area contributed by atoms with Crippen LogP contribution in [-0.2, 0) is 20.1 Å². The fraction of sp³-hybridized carbons (Fsp3) is 0.467. The number of amides is 1.